The first kappa shape index (κ1) is 10.1. The Balaban J connectivity index is 3.64. The van der Waals surface area contributed by atoms with Crippen molar-refractivity contribution in [3.63, 3.8) is 0 Å². The number of rotatable bonds is 3. The zero-order valence-electron chi connectivity index (χ0n) is 7.23. The van der Waals surface area contributed by atoms with Gasteiger partial charge in [-0.15, -0.1) is 0 Å². The van der Waals surface area contributed by atoms with Gasteiger partial charge in [-0.1, -0.05) is 6.92 Å². The van der Waals surface area contributed by atoms with Crippen molar-refractivity contribution in [2.24, 2.45) is 0 Å². The maximum Gasteiger partial charge on any atom is 0.0727 e. The Morgan fingerprint density at radius 3 is 2.20 bits per heavy atom. The van der Waals surface area contributed by atoms with Crippen molar-refractivity contribution in [3.8, 4) is 0 Å². The van der Waals surface area contributed by atoms with Crippen molar-refractivity contribution in [3.05, 3.63) is 0 Å². The van der Waals surface area contributed by atoms with Crippen LogP contribution in [0.15, 0.2) is 0 Å². The second kappa shape index (κ2) is 4.09. The van der Waals surface area contributed by atoms with Gasteiger partial charge in [0.05, 0.1) is 5.88 Å². The van der Waals surface area contributed by atoms with Crippen molar-refractivity contribution < 1.29 is 4.21 Å². The summed E-state index contributed by atoms with van der Waals surface area (Å²) < 4.78 is 11.2. The van der Waals surface area contributed by atoms with Crippen molar-refractivity contribution in [2.45, 2.75) is 32.4 Å². The standard InChI is InChI=1S/C7H17NOS/c1-5-8-6-10(9)7(2,3)4/h8H,5-6H2,1-4H3. The van der Waals surface area contributed by atoms with E-state index in [4.69, 9.17) is 0 Å². The molecule has 62 valence electrons. The molecule has 0 spiro atoms. The van der Waals surface area contributed by atoms with Gasteiger partial charge in [-0.3, -0.25) is 4.21 Å². The molecule has 0 aliphatic rings. The first-order valence-corrected chi connectivity index (χ1v) is 4.89. The predicted octanol–water partition coefficient (Wildman–Crippen LogP) is 1.10. The number of hydrogen-bond acceptors (Lipinski definition) is 2. The maximum atomic E-state index is 11.3. The van der Waals surface area contributed by atoms with Gasteiger partial charge in [0.1, 0.15) is 0 Å². The van der Waals surface area contributed by atoms with E-state index in [1.807, 2.05) is 27.7 Å². The van der Waals surface area contributed by atoms with Gasteiger partial charge >= 0.3 is 0 Å². The Morgan fingerprint density at radius 1 is 1.40 bits per heavy atom. The fourth-order valence-corrected chi connectivity index (χ4v) is 1.23. The van der Waals surface area contributed by atoms with Crippen LogP contribution in [0.2, 0.25) is 0 Å². The summed E-state index contributed by atoms with van der Waals surface area (Å²) in [7, 11) is -0.748. The first-order chi connectivity index (χ1) is 4.48. The molecule has 1 unspecified atom stereocenters. The summed E-state index contributed by atoms with van der Waals surface area (Å²) in [6.07, 6.45) is 0. The van der Waals surface area contributed by atoms with Crippen LogP contribution in [-0.2, 0) is 10.8 Å². The van der Waals surface area contributed by atoms with Crippen molar-refractivity contribution >= 4 is 10.8 Å². The molecule has 0 amide bonds. The van der Waals surface area contributed by atoms with E-state index in [1.165, 1.54) is 0 Å². The smallest absolute Gasteiger partial charge is 0.0727 e. The fourth-order valence-electron chi connectivity index (χ4n) is 0.411. The van der Waals surface area contributed by atoms with Gasteiger partial charge < -0.3 is 5.32 Å². The third-order valence-electron chi connectivity index (χ3n) is 1.17. The Labute approximate surface area is 65.9 Å². The van der Waals surface area contributed by atoms with Gasteiger partial charge in [0, 0.05) is 15.5 Å². The van der Waals surface area contributed by atoms with Crippen molar-refractivity contribution in [1.82, 2.24) is 5.32 Å². The molecule has 3 heteroatoms. The van der Waals surface area contributed by atoms with Gasteiger partial charge in [-0.2, -0.15) is 0 Å². The number of hydrogen-bond donors (Lipinski definition) is 1. The first-order valence-electron chi connectivity index (χ1n) is 3.57. The molecule has 0 heterocycles. The molecule has 10 heavy (non-hydrogen) atoms. The van der Waals surface area contributed by atoms with Crippen LogP contribution in [0.3, 0.4) is 0 Å². The van der Waals surface area contributed by atoms with Gasteiger partial charge in [0.2, 0.25) is 0 Å². The molecule has 0 radical (unpaired) electrons. The lowest BCUT2D eigenvalue weighted by atomic mass is 10.3. The molecule has 0 aromatic carbocycles. The largest absolute Gasteiger partial charge is 0.306 e. The van der Waals surface area contributed by atoms with Crippen LogP contribution in [0, 0.1) is 0 Å². The molecule has 1 atom stereocenters. The molecule has 2 nitrogen and oxygen atoms in total. The fraction of sp³-hybridized carbons (Fsp3) is 1.00. The Kier molecular flexibility index (Phi) is 4.13. The molecule has 0 rings (SSSR count). The van der Waals surface area contributed by atoms with Crippen LogP contribution < -0.4 is 5.32 Å². The highest BCUT2D eigenvalue weighted by molar-refractivity contribution is 7.86. The Morgan fingerprint density at radius 2 is 1.90 bits per heavy atom. The monoisotopic (exact) mass is 163 g/mol. The minimum Gasteiger partial charge on any atom is -0.306 e. The van der Waals surface area contributed by atoms with Crippen molar-refractivity contribution in [1.29, 1.82) is 0 Å². The van der Waals surface area contributed by atoms with E-state index >= 15 is 0 Å². The van der Waals surface area contributed by atoms with E-state index in [2.05, 4.69) is 5.32 Å². The van der Waals surface area contributed by atoms with Crippen LogP contribution in [0.25, 0.3) is 0 Å². The van der Waals surface area contributed by atoms with Crippen LogP contribution in [-0.4, -0.2) is 21.4 Å². The molecule has 0 saturated heterocycles. The van der Waals surface area contributed by atoms with E-state index in [1.54, 1.807) is 0 Å². The molecule has 0 fully saturated rings. The zero-order chi connectivity index (χ0) is 8.20. The highest BCUT2D eigenvalue weighted by Gasteiger charge is 2.17. The van der Waals surface area contributed by atoms with Crippen LogP contribution in [0.1, 0.15) is 27.7 Å². The van der Waals surface area contributed by atoms with Crippen molar-refractivity contribution in [2.75, 3.05) is 12.4 Å². The lowest BCUT2D eigenvalue weighted by Gasteiger charge is -2.17. The van der Waals surface area contributed by atoms with Gasteiger partial charge in [-0.25, -0.2) is 0 Å². The Bertz CT molecular complexity index is 117. The highest BCUT2D eigenvalue weighted by atomic mass is 32.2. The number of nitrogens with one attached hydrogen (secondary N) is 1. The molecular formula is C7H17NOS. The van der Waals surface area contributed by atoms with E-state index in [0.717, 1.165) is 6.54 Å². The molecular weight excluding hydrogens is 146 g/mol. The van der Waals surface area contributed by atoms with E-state index in [-0.39, 0.29) is 4.75 Å². The van der Waals surface area contributed by atoms with Gasteiger partial charge in [0.25, 0.3) is 0 Å². The highest BCUT2D eigenvalue weighted by Crippen LogP contribution is 2.09. The lowest BCUT2D eigenvalue weighted by molar-refractivity contribution is 0.640. The summed E-state index contributed by atoms with van der Waals surface area (Å²) in [5, 5.41) is 3.05. The zero-order valence-corrected chi connectivity index (χ0v) is 8.05. The summed E-state index contributed by atoms with van der Waals surface area (Å²) in [5.74, 6) is 0.611. The summed E-state index contributed by atoms with van der Waals surface area (Å²) in [6.45, 7) is 8.86. The van der Waals surface area contributed by atoms with E-state index in [9.17, 15) is 4.21 Å². The molecule has 1 N–H and O–H groups in total. The van der Waals surface area contributed by atoms with Crippen LogP contribution >= 0.6 is 0 Å². The minimum absolute atomic E-state index is 0.0812. The second-order valence-electron chi connectivity index (χ2n) is 3.21. The van der Waals surface area contributed by atoms with Crippen LogP contribution in [0.5, 0.6) is 0 Å². The minimum atomic E-state index is -0.748. The van der Waals surface area contributed by atoms with E-state index < -0.39 is 10.8 Å². The molecule has 0 aliphatic carbocycles. The Hall–Kier alpha value is 0.110. The summed E-state index contributed by atoms with van der Waals surface area (Å²) in [4.78, 5) is 0. The second-order valence-corrected chi connectivity index (χ2v) is 5.41. The molecule has 0 aromatic rings. The molecule has 0 aromatic heterocycles. The quantitative estimate of drug-likeness (QED) is 0.675. The average molecular weight is 163 g/mol. The van der Waals surface area contributed by atoms with Crippen LogP contribution in [0.4, 0.5) is 0 Å². The summed E-state index contributed by atoms with van der Waals surface area (Å²) in [5.41, 5.74) is 0. The topological polar surface area (TPSA) is 29.1 Å². The lowest BCUT2D eigenvalue weighted by Crippen LogP contribution is -2.30. The van der Waals surface area contributed by atoms with Gasteiger partial charge in [0.15, 0.2) is 0 Å². The maximum absolute atomic E-state index is 11.3. The third-order valence-corrected chi connectivity index (χ3v) is 3.00. The normalized spacial score (nSPS) is 15.2. The SMILES string of the molecule is CCNCS(=O)C(C)(C)C. The molecule has 0 aliphatic heterocycles. The summed E-state index contributed by atoms with van der Waals surface area (Å²) in [6, 6.07) is 0. The van der Waals surface area contributed by atoms with E-state index in [0.29, 0.717) is 5.88 Å². The third kappa shape index (κ3) is 4.01. The molecule has 0 bridgehead atoms. The predicted molar refractivity (Wildman–Crippen MR) is 46.4 cm³/mol. The molecule has 0 saturated carbocycles. The van der Waals surface area contributed by atoms with Gasteiger partial charge in [-0.05, 0) is 27.3 Å². The average Bonchev–Trinajstić information content (AvgIpc) is 1.80. The summed E-state index contributed by atoms with van der Waals surface area (Å²) >= 11 is 0.